The van der Waals surface area contributed by atoms with E-state index in [1.54, 1.807) is 0 Å². The van der Waals surface area contributed by atoms with Crippen LogP contribution >= 0.6 is 11.6 Å². The quantitative estimate of drug-likeness (QED) is 0.759. The van der Waals surface area contributed by atoms with Gasteiger partial charge in [-0.05, 0) is 36.6 Å². The maximum absolute atomic E-state index is 6.33. The standard InChI is InChI=1S/C20H19ClN4/c21-16-6-2-1-5-15(16)20-23-17-8-7-14(10-18(17)24-20)25-11-13-4-3-9-22-19(13)12-25/h1-6,9,14H,7-8,10-12H2,(H,23,24). The smallest absolute Gasteiger partial charge is 0.139 e. The van der Waals surface area contributed by atoms with Gasteiger partial charge in [0.2, 0.25) is 0 Å². The fourth-order valence-corrected chi connectivity index (χ4v) is 4.26. The van der Waals surface area contributed by atoms with E-state index in [1.165, 1.54) is 22.6 Å². The molecule has 0 fully saturated rings. The SMILES string of the molecule is Clc1ccccc1-c1nc2c([nH]1)CC(N1Cc3cccnc3C1)CC2. The van der Waals surface area contributed by atoms with Crippen molar-refractivity contribution < 1.29 is 0 Å². The van der Waals surface area contributed by atoms with Crippen LogP contribution in [0.15, 0.2) is 42.6 Å². The lowest BCUT2D eigenvalue weighted by Crippen LogP contribution is -2.35. The highest BCUT2D eigenvalue weighted by molar-refractivity contribution is 6.33. The largest absolute Gasteiger partial charge is 0.342 e. The lowest BCUT2D eigenvalue weighted by Gasteiger charge is -2.30. The first-order chi connectivity index (χ1) is 12.3. The number of fused-ring (bicyclic) bond motifs is 2. The number of hydrogen-bond donors (Lipinski definition) is 1. The summed E-state index contributed by atoms with van der Waals surface area (Å²) >= 11 is 6.33. The molecule has 0 saturated carbocycles. The minimum absolute atomic E-state index is 0.543. The first kappa shape index (κ1) is 15.1. The summed E-state index contributed by atoms with van der Waals surface area (Å²) in [6.07, 6.45) is 5.07. The lowest BCUT2D eigenvalue weighted by atomic mass is 9.95. The highest BCUT2D eigenvalue weighted by atomic mass is 35.5. The fourth-order valence-electron chi connectivity index (χ4n) is 4.04. The summed E-state index contributed by atoms with van der Waals surface area (Å²) in [6, 6.07) is 12.7. The van der Waals surface area contributed by atoms with Gasteiger partial charge in [-0.15, -0.1) is 0 Å². The Bertz CT molecular complexity index is 908. The Hall–Kier alpha value is -2.17. The summed E-state index contributed by atoms with van der Waals surface area (Å²) < 4.78 is 0. The van der Waals surface area contributed by atoms with Gasteiger partial charge in [-0.2, -0.15) is 0 Å². The number of hydrogen-bond acceptors (Lipinski definition) is 3. The predicted molar refractivity (Wildman–Crippen MR) is 98.3 cm³/mol. The molecule has 5 rings (SSSR count). The number of H-pyrrole nitrogens is 1. The second-order valence-corrected chi connectivity index (χ2v) is 7.31. The Labute approximate surface area is 151 Å². The Morgan fingerprint density at radius 1 is 1.08 bits per heavy atom. The number of halogens is 1. The molecule has 0 bridgehead atoms. The van der Waals surface area contributed by atoms with Crippen LogP contribution in [0.4, 0.5) is 0 Å². The van der Waals surface area contributed by atoms with Crippen molar-refractivity contribution in [3.8, 4) is 11.4 Å². The number of rotatable bonds is 2. The number of imidazole rings is 1. The minimum atomic E-state index is 0.543. The Morgan fingerprint density at radius 2 is 2.00 bits per heavy atom. The van der Waals surface area contributed by atoms with Crippen molar-refractivity contribution >= 4 is 11.6 Å². The second kappa shape index (κ2) is 5.97. The number of pyridine rings is 1. The number of benzene rings is 1. The fraction of sp³-hybridized carbons (Fsp3) is 0.300. The van der Waals surface area contributed by atoms with Gasteiger partial charge in [0.05, 0.1) is 16.4 Å². The molecule has 4 nitrogen and oxygen atoms in total. The summed E-state index contributed by atoms with van der Waals surface area (Å²) in [4.78, 5) is 15.4. The van der Waals surface area contributed by atoms with Crippen LogP contribution in [0.5, 0.6) is 0 Å². The number of nitrogens with one attached hydrogen (secondary N) is 1. The average molecular weight is 351 g/mol. The van der Waals surface area contributed by atoms with E-state index in [1.807, 2.05) is 36.5 Å². The van der Waals surface area contributed by atoms with E-state index in [9.17, 15) is 0 Å². The topological polar surface area (TPSA) is 44.8 Å². The minimum Gasteiger partial charge on any atom is -0.342 e. The highest BCUT2D eigenvalue weighted by Crippen LogP contribution is 2.32. The summed E-state index contributed by atoms with van der Waals surface area (Å²) in [5, 5.41) is 0.742. The molecule has 25 heavy (non-hydrogen) atoms. The molecule has 1 N–H and O–H groups in total. The molecule has 0 radical (unpaired) electrons. The molecule has 2 aliphatic rings. The normalized spacial score (nSPS) is 19.6. The molecule has 3 aromatic rings. The summed E-state index contributed by atoms with van der Waals surface area (Å²) in [7, 11) is 0. The van der Waals surface area contributed by atoms with Gasteiger partial charge >= 0.3 is 0 Å². The van der Waals surface area contributed by atoms with Gasteiger partial charge < -0.3 is 4.98 Å². The Balaban J connectivity index is 1.38. The van der Waals surface area contributed by atoms with Gasteiger partial charge in [-0.3, -0.25) is 9.88 Å². The van der Waals surface area contributed by atoms with E-state index >= 15 is 0 Å². The van der Waals surface area contributed by atoms with Crippen LogP contribution in [0.1, 0.15) is 29.1 Å². The van der Waals surface area contributed by atoms with E-state index in [0.717, 1.165) is 48.8 Å². The number of aromatic amines is 1. The van der Waals surface area contributed by atoms with Crippen LogP contribution in [0.25, 0.3) is 11.4 Å². The van der Waals surface area contributed by atoms with E-state index in [4.69, 9.17) is 16.6 Å². The Morgan fingerprint density at radius 3 is 2.88 bits per heavy atom. The predicted octanol–water partition coefficient (Wildman–Crippen LogP) is 4.00. The van der Waals surface area contributed by atoms with E-state index in [0.29, 0.717) is 6.04 Å². The van der Waals surface area contributed by atoms with Crippen LogP contribution in [0.3, 0.4) is 0 Å². The molecule has 1 aliphatic carbocycles. The van der Waals surface area contributed by atoms with Crippen molar-refractivity contribution in [1.82, 2.24) is 19.9 Å². The van der Waals surface area contributed by atoms with Gasteiger partial charge in [-0.1, -0.05) is 29.8 Å². The summed E-state index contributed by atoms with van der Waals surface area (Å²) in [6.45, 7) is 1.97. The zero-order valence-corrected chi connectivity index (χ0v) is 14.6. The molecular weight excluding hydrogens is 332 g/mol. The molecule has 126 valence electrons. The van der Waals surface area contributed by atoms with Crippen molar-refractivity contribution in [2.45, 2.75) is 38.4 Å². The number of nitrogens with zero attached hydrogens (tertiary/aromatic N) is 3. The van der Waals surface area contributed by atoms with Crippen LogP contribution < -0.4 is 0 Å². The first-order valence-corrected chi connectivity index (χ1v) is 9.15. The molecule has 1 atom stereocenters. The highest BCUT2D eigenvalue weighted by Gasteiger charge is 2.31. The second-order valence-electron chi connectivity index (χ2n) is 6.90. The van der Waals surface area contributed by atoms with Gasteiger partial charge in [0.15, 0.2) is 0 Å². The van der Waals surface area contributed by atoms with E-state index in [2.05, 4.69) is 20.9 Å². The molecule has 0 spiro atoms. The number of aryl methyl sites for hydroxylation is 1. The monoisotopic (exact) mass is 350 g/mol. The molecule has 5 heteroatoms. The van der Waals surface area contributed by atoms with Gasteiger partial charge in [-0.25, -0.2) is 4.98 Å². The molecule has 0 amide bonds. The van der Waals surface area contributed by atoms with Crippen LogP contribution in [0, 0.1) is 0 Å². The third-order valence-electron chi connectivity index (χ3n) is 5.37. The molecular formula is C20H19ClN4. The van der Waals surface area contributed by atoms with Crippen LogP contribution in [-0.2, 0) is 25.9 Å². The molecule has 1 aliphatic heterocycles. The van der Waals surface area contributed by atoms with E-state index < -0.39 is 0 Å². The third kappa shape index (κ3) is 2.66. The van der Waals surface area contributed by atoms with Crippen molar-refractivity contribution in [2.24, 2.45) is 0 Å². The lowest BCUT2D eigenvalue weighted by molar-refractivity contribution is 0.179. The van der Waals surface area contributed by atoms with Gasteiger partial charge in [0, 0.05) is 43.0 Å². The first-order valence-electron chi connectivity index (χ1n) is 8.77. The zero-order valence-electron chi connectivity index (χ0n) is 13.9. The van der Waals surface area contributed by atoms with Gasteiger partial charge in [0.1, 0.15) is 5.82 Å². The van der Waals surface area contributed by atoms with Crippen LogP contribution in [-0.4, -0.2) is 25.9 Å². The van der Waals surface area contributed by atoms with Crippen molar-refractivity contribution in [3.63, 3.8) is 0 Å². The third-order valence-corrected chi connectivity index (χ3v) is 5.70. The van der Waals surface area contributed by atoms with Crippen molar-refractivity contribution in [3.05, 3.63) is 70.3 Å². The summed E-state index contributed by atoms with van der Waals surface area (Å²) in [5.41, 5.74) is 6.04. The maximum Gasteiger partial charge on any atom is 0.139 e. The zero-order chi connectivity index (χ0) is 16.8. The molecule has 2 aromatic heterocycles. The number of aromatic nitrogens is 3. The molecule has 1 aromatic carbocycles. The average Bonchev–Trinajstić information content (AvgIpc) is 3.25. The molecule has 3 heterocycles. The maximum atomic E-state index is 6.33. The van der Waals surface area contributed by atoms with Crippen molar-refractivity contribution in [1.29, 1.82) is 0 Å². The van der Waals surface area contributed by atoms with Crippen molar-refractivity contribution in [2.75, 3.05) is 0 Å². The van der Waals surface area contributed by atoms with E-state index in [-0.39, 0.29) is 0 Å². The van der Waals surface area contributed by atoms with Gasteiger partial charge in [0.25, 0.3) is 0 Å². The van der Waals surface area contributed by atoms with Crippen LogP contribution in [0.2, 0.25) is 5.02 Å². The molecule has 0 saturated heterocycles. The molecule has 1 unspecified atom stereocenters. The Kier molecular flexibility index (Phi) is 3.61. The summed E-state index contributed by atoms with van der Waals surface area (Å²) in [5.74, 6) is 0.891.